The van der Waals surface area contributed by atoms with Crippen molar-refractivity contribution >= 4 is 0 Å². The predicted molar refractivity (Wildman–Crippen MR) is 144 cm³/mol. The molecule has 5 rings (SSSR count). The van der Waals surface area contributed by atoms with Crippen molar-refractivity contribution in [3.8, 4) is 23.7 Å². The van der Waals surface area contributed by atoms with Gasteiger partial charge in [-0.1, -0.05) is 30.0 Å². The fourth-order valence-electron chi connectivity index (χ4n) is 4.23. The zero-order valence-corrected chi connectivity index (χ0v) is 22.4. The number of aromatic nitrogens is 5. The summed E-state index contributed by atoms with van der Waals surface area (Å²) in [6, 6.07) is 16.9. The molecule has 0 aliphatic carbocycles. The van der Waals surface area contributed by atoms with Gasteiger partial charge in [0, 0.05) is 29.0 Å². The van der Waals surface area contributed by atoms with E-state index in [4.69, 9.17) is 10.00 Å². The summed E-state index contributed by atoms with van der Waals surface area (Å²) in [6.07, 6.45) is 2.03. The number of hydrogen-bond acceptors (Lipinski definition) is 7. The van der Waals surface area contributed by atoms with Gasteiger partial charge in [0.05, 0.1) is 12.1 Å². The van der Waals surface area contributed by atoms with Crippen LogP contribution in [0.4, 0.5) is 22.0 Å². The van der Waals surface area contributed by atoms with E-state index >= 15 is 8.78 Å². The summed E-state index contributed by atoms with van der Waals surface area (Å²) in [4.78, 5) is 3.78. The SMILES string of the molecule is N#Cc1cccc(OCc2ccc(C#Cc3ccc(C(F)(F)C(O)(Cn4cnnn4)c4ccc(F)cc4F)nc3)cc2)c1F. The van der Waals surface area contributed by atoms with Crippen LogP contribution in [0, 0.1) is 40.6 Å². The average molecular weight is 603 g/mol. The van der Waals surface area contributed by atoms with E-state index in [1.807, 2.05) is 0 Å². The maximum absolute atomic E-state index is 15.9. The first-order valence-corrected chi connectivity index (χ1v) is 12.8. The number of hydrogen-bond donors (Lipinski definition) is 1. The zero-order valence-electron chi connectivity index (χ0n) is 22.4. The Kier molecular flexibility index (Phi) is 8.33. The van der Waals surface area contributed by atoms with Crippen molar-refractivity contribution in [1.29, 1.82) is 5.26 Å². The number of benzene rings is 3. The van der Waals surface area contributed by atoms with E-state index in [0.29, 0.717) is 17.2 Å². The molecular weight excluding hydrogens is 583 g/mol. The molecule has 0 aliphatic rings. The summed E-state index contributed by atoms with van der Waals surface area (Å²) in [7, 11) is 0. The number of rotatable bonds is 8. The number of halogens is 5. The lowest BCUT2D eigenvalue weighted by molar-refractivity contribution is -0.207. The minimum absolute atomic E-state index is 0.0424. The molecule has 8 nitrogen and oxygen atoms in total. The molecule has 1 N–H and O–H groups in total. The lowest BCUT2D eigenvalue weighted by Crippen LogP contribution is -2.48. The van der Waals surface area contributed by atoms with E-state index in [9.17, 15) is 18.3 Å². The Morgan fingerprint density at radius 3 is 2.34 bits per heavy atom. The van der Waals surface area contributed by atoms with Gasteiger partial charge < -0.3 is 9.84 Å². The van der Waals surface area contributed by atoms with E-state index in [1.54, 1.807) is 30.3 Å². The van der Waals surface area contributed by atoms with Crippen LogP contribution in [0.25, 0.3) is 0 Å². The van der Waals surface area contributed by atoms with Crippen LogP contribution in [0.15, 0.2) is 85.3 Å². The van der Waals surface area contributed by atoms with Crippen molar-refractivity contribution in [2.75, 3.05) is 0 Å². The highest BCUT2D eigenvalue weighted by Gasteiger charge is 2.58. The first-order valence-electron chi connectivity index (χ1n) is 12.8. The molecule has 3 aromatic carbocycles. The van der Waals surface area contributed by atoms with Gasteiger partial charge in [-0.05, 0) is 64.5 Å². The molecule has 2 aromatic heterocycles. The number of nitriles is 1. The molecule has 44 heavy (non-hydrogen) atoms. The summed E-state index contributed by atoms with van der Waals surface area (Å²) in [5.74, 6) is -1.72. The van der Waals surface area contributed by atoms with Crippen LogP contribution in [-0.2, 0) is 24.7 Å². The molecule has 2 heterocycles. The van der Waals surface area contributed by atoms with E-state index in [-0.39, 0.29) is 23.5 Å². The maximum Gasteiger partial charge on any atom is 0.323 e. The molecular formula is C31H19F5N6O2. The van der Waals surface area contributed by atoms with Gasteiger partial charge in [-0.3, -0.25) is 4.98 Å². The summed E-state index contributed by atoms with van der Waals surface area (Å²) in [5.41, 5.74) is -3.61. The Bertz CT molecular complexity index is 1880. The molecule has 1 atom stereocenters. The normalized spacial score (nSPS) is 12.5. The number of nitrogens with zero attached hydrogens (tertiary/aromatic N) is 6. The number of ether oxygens (including phenoxy) is 1. The molecule has 0 spiro atoms. The molecule has 5 aromatic rings. The van der Waals surface area contributed by atoms with Gasteiger partial charge in [0.2, 0.25) is 0 Å². The third kappa shape index (κ3) is 6.09. The van der Waals surface area contributed by atoms with Crippen LogP contribution in [0.1, 0.15) is 33.5 Å². The number of tetrazole rings is 1. The van der Waals surface area contributed by atoms with Crippen molar-refractivity contribution in [1.82, 2.24) is 25.2 Å². The van der Waals surface area contributed by atoms with E-state index in [0.717, 1.165) is 35.4 Å². The molecule has 220 valence electrons. The Labute approximate surface area is 247 Å². The molecule has 0 saturated heterocycles. The fourth-order valence-corrected chi connectivity index (χ4v) is 4.23. The summed E-state index contributed by atoms with van der Waals surface area (Å²) >= 11 is 0. The second kappa shape index (κ2) is 12.3. The molecule has 1 unspecified atom stereocenters. The van der Waals surface area contributed by atoms with Gasteiger partial charge >= 0.3 is 5.92 Å². The van der Waals surface area contributed by atoms with E-state index in [2.05, 4.69) is 32.4 Å². The number of pyridine rings is 1. The Hall–Kier alpha value is -5.66. The summed E-state index contributed by atoms with van der Waals surface area (Å²) < 4.78 is 80.4. The molecule has 0 radical (unpaired) electrons. The van der Waals surface area contributed by atoms with Crippen LogP contribution in [0.5, 0.6) is 5.75 Å². The van der Waals surface area contributed by atoms with Crippen LogP contribution < -0.4 is 4.74 Å². The highest BCUT2D eigenvalue weighted by molar-refractivity contribution is 5.44. The largest absolute Gasteiger partial charge is 0.486 e. The van der Waals surface area contributed by atoms with Crippen LogP contribution >= 0.6 is 0 Å². The molecule has 0 aliphatic heterocycles. The van der Waals surface area contributed by atoms with Gasteiger partial charge in [-0.2, -0.15) is 14.0 Å². The van der Waals surface area contributed by atoms with Crippen LogP contribution in [0.3, 0.4) is 0 Å². The number of aliphatic hydroxyl groups is 1. The lowest BCUT2D eigenvalue weighted by atomic mass is 9.84. The van der Waals surface area contributed by atoms with E-state index in [1.165, 1.54) is 24.3 Å². The van der Waals surface area contributed by atoms with E-state index < -0.39 is 46.8 Å². The highest BCUT2D eigenvalue weighted by atomic mass is 19.3. The topological polar surface area (TPSA) is 110 Å². The van der Waals surface area contributed by atoms with Crippen LogP contribution in [-0.4, -0.2) is 30.3 Å². The second-order valence-corrected chi connectivity index (χ2v) is 9.46. The standard InChI is InChI=1S/C31H19F5N6O2/c32-24-11-12-25(26(33)14-24)30(43,18-42-19-39-40-41-42)31(35,36)28-13-10-21(16-38-28)7-4-20-5-8-22(9-6-20)17-44-27-3-1-2-23(15-37)29(27)34/h1-3,5-6,8-14,16,19,43H,17-18H2. The van der Waals surface area contributed by atoms with Crippen LogP contribution in [0.2, 0.25) is 0 Å². The first kappa shape index (κ1) is 29.8. The minimum Gasteiger partial charge on any atom is -0.486 e. The Morgan fingerprint density at radius 1 is 0.932 bits per heavy atom. The third-order valence-electron chi connectivity index (χ3n) is 6.55. The van der Waals surface area contributed by atoms with Gasteiger partial charge in [0.1, 0.15) is 36.3 Å². The average Bonchev–Trinajstić information content (AvgIpc) is 3.53. The molecule has 0 fully saturated rings. The quantitative estimate of drug-likeness (QED) is 0.196. The zero-order chi connectivity index (χ0) is 31.3. The summed E-state index contributed by atoms with van der Waals surface area (Å²) in [6.45, 7) is -0.929. The molecule has 0 bridgehead atoms. The minimum atomic E-state index is -4.19. The maximum atomic E-state index is 15.9. The Balaban J connectivity index is 1.32. The van der Waals surface area contributed by atoms with Gasteiger partial charge in [0.25, 0.3) is 0 Å². The van der Waals surface area contributed by atoms with Gasteiger partial charge in [-0.15, -0.1) is 5.10 Å². The summed E-state index contributed by atoms with van der Waals surface area (Å²) in [5, 5.41) is 30.4. The van der Waals surface area contributed by atoms with Gasteiger partial charge in [-0.25, -0.2) is 17.9 Å². The van der Waals surface area contributed by atoms with Crippen molar-refractivity contribution < 1.29 is 31.8 Å². The predicted octanol–water partition coefficient (Wildman–Crippen LogP) is 5.02. The molecule has 0 amide bonds. The monoisotopic (exact) mass is 602 g/mol. The Morgan fingerprint density at radius 2 is 1.68 bits per heavy atom. The molecule has 0 saturated carbocycles. The first-order chi connectivity index (χ1) is 21.1. The van der Waals surface area contributed by atoms with Crippen molar-refractivity contribution in [3.63, 3.8) is 0 Å². The second-order valence-electron chi connectivity index (χ2n) is 9.46. The van der Waals surface area contributed by atoms with Crippen molar-refractivity contribution in [2.45, 2.75) is 24.7 Å². The number of alkyl halides is 2. The third-order valence-corrected chi connectivity index (χ3v) is 6.55. The van der Waals surface area contributed by atoms with Crippen molar-refractivity contribution in [3.05, 3.63) is 136 Å². The molecule has 13 heteroatoms. The lowest BCUT2D eigenvalue weighted by Gasteiger charge is -2.35. The van der Waals surface area contributed by atoms with Crippen molar-refractivity contribution in [2.24, 2.45) is 0 Å². The highest BCUT2D eigenvalue weighted by Crippen LogP contribution is 2.46. The fraction of sp³-hybridized carbons (Fsp3) is 0.129. The van der Waals surface area contributed by atoms with Gasteiger partial charge in [0.15, 0.2) is 17.2 Å². The smallest absolute Gasteiger partial charge is 0.323 e.